The van der Waals surface area contributed by atoms with E-state index in [1.807, 2.05) is 17.8 Å². The monoisotopic (exact) mass is 225 g/mol. The predicted molar refractivity (Wildman–Crippen MR) is 57.3 cm³/mol. The molecular weight excluding hydrogens is 206 g/mol. The lowest BCUT2D eigenvalue weighted by Gasteiger charge is -2.08. The number of nitrogens with one attached hydrogen (secondary N) is 1. The van der Waals surface area contributed by atoms with Crippen molar-refractivity contribution in [3.8, 4) is 0 Å². The van der Waals surface area contributed by atoms with Crippen molar-refractivity contribution in [2.45, 2.75) is 32.4 Å². The minimum atomic E-state index is -0.970. The molecule has 1 aliphatic rings. The zero-order valence-electron chi connectivity index (χ0n) is 9.85. The summed E-state index contributed by atoms with van der Waals surface area (Å²) < 4.78 is 4.16. The minimum absolute atomic E-state index is 0.380. The van der Waals surface area contributed by atoms with Gasteiger partial charge >= 0.3 is 0 Å². The van der Waals surface area contributed by atoms with Crippen molar-refractivity contribution < 1.29 is 14.5 Å². The van der Waals surface area contributed by atoms with Crippen LogP contribution in [0.2, 0.25) is 0 Å². The number of carboxylic acid groups (broad SMARTS) is 1. The van der Waals surface area contributed by atoms with Crippen molar-refractivity contribution in [3.63, 3.8) is 0 Å². The summed E-state index contributed by atoms with van der Waals surface area (Å²) in [6.45, 7) is 4.00. The van der Waals surface area contributed by atoms with Crippen LogP contribution in [-0.2, 0) is 18.4 Å². The second-order valence-electron chi connectivity index (χ2n) is 3.88. The van der Waals surface area contributed by atoms with Gasteiger partial charge in [-0.2, -0.15) is 0 Å². The Balaban J connectivity index is 0.000000160. The molecule has 0 unspecified atom stereocenters. The van der Waals surface area contributed by atoms with E-state index in [-0.39, 0.29) is 6.04 Å². The maximum absolute atomic E-state index is 10.0. The largest absolute Gasteiger partial charge is 0.548 e. The lowest BCUT2D eigenvalue weighted by molar-refractivity contribution is -0.671. The SMILES string of the molecule is CCn1cc[n+](C)c1.O=C([O-])[C@@H]1CCCN1. The van der Waals surface area contributed by atoms with Gasteiger partial charge in [0.2, 0.25) is 6.33 Å². The van der Waals surface area contributed by atoms with E-state index >= 15 is 0 Å². The number of rotatable bonds is 2. The topological polar surface area (TPSA) is 61.0 Å². The van der Waals surface area contributed by atoms with Gasteiger partial charge in [0, 0.05) is 6.04 Å². The van der Waals surface area contributed by atoms with Gasteiger partial charge in [-0.25, -0.2) is 9.13 Å². The van der Waals surface area contributed by atoms with Crippen LogP contribution in [0.4, 0.5) is 0 Å². The van der Waals surface area contributed by atoms with E-state index in [1.54, 1.807) is 0 Å². The van der Waals surface area contributed by atoms with Gasteiger partial charge in [-0.15, -0.1) is 0 Å². The summed E-state index contributed by atoms with van der Waals surface area (Å²) in [4.78, 5) is 10.0. The molecule has 0 bridgehead atoms. The van der Waals surface area contributed by atoms with Crippen LogP contribution in [-0.4, -0.2) is 23.1 Å². The summed E-state index contributed by atoms with van der Waals surface area (Å²) >= 11 is 0. The number of nitrogens with zero attached hydrogens (tertiary/aromatic N) is 2. The molecule has 0 aliphatic carbocycles. The van der Waals surface area contributed by atoms with Gasteiger partial charge in [0.1, 0.15) is 12.4 Å². The van der Waals surface area contributed by atoms with Crippen LogP contribution in [0.3, 0.4) is 0 Å². The Kier molecular flexibility index (Phi) is 4.98. The van der Waals surface area contributed by atoms with E-state index in [0.717, 1.165) is 25.9 Å². The van der Waals surface area contributed by atoms with Crippen molar-refractivity contribution in [1.29, 1.82) is 0 Å². The average molecular weight is 225 g/mol. The molecule has 0 amide bonds. The maximum atomic E-state index is 10.0. The van der Waals surface area contributed by atoms with Crippen LogP contribution >= 0.6 is 0 Å². The highest BCUT2D eigenvalue weighted by Gasteiger charge is 2.13. The Labute approximate surface area is 95.7 Å². The molecule has 1 fully saturated rings. The van der Waals surface area contributed by atoms with E-state index in [9.17, 15) is 9.90 Å². The standard InChI is InChI=1S/C6H11N2.C5H9NO2/c1-3-8-5-4-7(2)6-8;7-5(8)4-2-1-3-6-4/h4-6H,3H2,1-2H3;4,6H,1-3H2,(H,7,8)/q+1;/p-1/t;4-/m.0/s1. The molecule has 2 rings (SSSR count). The normalized spacial score (nSPS) is 19.0. The molecule has 90 valence electrons. The van der Waals surface area contributed by atoms with Gasteiger partial charge in [0.05, 0.1) is 19.6 Å². The van der Waals surface area contributed by atoms with E-state index in [1.165, 1.54) is 0 Å². The van der Waals surface area contributed by atoms with Crippen LogP contribution in [0, 0.1) is 0 Å². The molecule has 0 spiro atoms. The Bertz CT molecular complexity index is 330. The zero-order valence-corrected chi connectivity index (χ0v) is 9.85. The molecule has 1 aromatic rings. The Morgan fingerprint density at radius 2 is 2.44 bits per heavy atom. The lowest BCUT2D eigenvalue weighted by atomic mass is 10.2. The van der Waals surface area contributed by atoms with Crippen LogP contribution < -0.4 is 15.0 Å². The molecule has 1 saturated heterocycles. The second-order valence-corrected chi connectivity index (χ2v) is 3.88. The van der Waals surface area contributed by atoms with Crippen molar-refractivity contribution in [2.75, 3.05) is 6.54 Å². The van der Waals surface area contributed by atoms with Gasteiger partial charge in [-0.05, 0) is 26.3 Å². The Morgan fingerprint density at radius 3 is 2.69 bits per heavy atom. The number of carbonyl (C=O) groups excluding carboxylic acids is 1. The third-order valence-corrected chi connectivity index (χ3v) is 2.53. The number of carboxylic acids is 1. The first-order chi connectivity index (χ1) is 7.63. The summed E-state index contributed by atoms with van der Waals surface area (Å²) in [5.74, 6) is -0.970. The molecule has 1 aromatic heterocycles. The van der Waals surface area contributed by atoms with Gasteiger partial charge in [0.25, 0.3) is 0 Å². The summed E-state index contributed by atoms with van der Waals surface area (Å²) in [5, 5.41) is 12.8. The van der Waals surface area contributed by atoms with Crippen molar-refractivity contribution >= 4 is 5.97 Å². The van der Waals surface area contributed by atoms with E-state index in [2.05, 4.69) is 29.3 Å². The highest BCUT2D eigenvalue weighted by Crippen LogP contribution is 2.02. The molecule has 1 atom stereocenters. The zero-order chi connectivity index (χ0) is 12.0. The van der Waals surface area contributed by atoms with E-state index in [0.29, 0.717) is 0 Å². The summed E-state index contributed by atoms with van der Waals surface area (Å²) in [6.07, 6.45) is 7.82. The van der Waals surface area contributed by atoms with Crippen molar-refractivity contribution in [3.05, 3.63) is 18.7 Å². The summed E-state index contributed by atoms with van der Waals surface area (Å²) in [5.41, 5.74) is 0. The molecule has 0 aromatic carbocycles. The first kappa shape index (κ1) is 12.7. The first-order valence-corrected chi connectivity index (χ1v) is 5.58. The van der Waals surface area contributed by atoms with E-state index < -0.39 is 5.97 Å². The molecular formula is C11H19N3O2. The van der Waals surface area contributed by atoms with E-state index in [4.69, 9.17) is 0 Å². The summed E-state index contributed by atoms with van der Waals surface area (Å²) in [7, 11) is 2.02. The van der Waals surface area contributed by atoms with Gasteiger partial charge in [0.15, 0.2) is 0 Å². The fourth-order valence-electron chi connectivity index (χ4n) is 1.57. The van der Waals surface area contributed by atoms with Crippen molar-refractivity contribution in [1.82, 2.24) is 9.88 Å². The Hall–Kier alpha value is -1.36. The number of hydrogen-bond donors (Lipinski definition) is 1. The lowest BCUT2D eigenvalue weighted by Crippen LogP contribution is -2.41. The maximum Gasteiger partial charge on any atom is 0.243 e. The number of aliphatic carboxylic acids is 1. The predicted octanol–water partition coefficient (Wildman–Crippen LogP) is -1.18. The Morgan fingerprint density at radius 1 is 1.69 bits per heavy atom. The quantitative estimate of drug-likeness (QED) is 0.645. The first-order valence-electron chi connectivity index (χ1n) is 5.58. The highest BCUT2D eigenvalue weighted by atomic mass is 16.4. The molecule has 0 saturated carbocycles. The fourth-order valence-corrected chi connectivity index (χ4v) is 1.57. The molecule has 1 aliphatic heterocycles. The van der Waals surface area contributed by atoms with Crippen LogP contribution in [0.1, 0.15) is 19.8 Å². The number of carbonyl (C=O) groups is 1. The van der Waals surface area contributed by atoms with Crippen molar-refractivity contribution in [2.24, 2.45) is 7.05 Å². The fraction of sp³-hybridized carbons (Fsp3) is 0.636. The van der Waals surface area contributed by atoms with Gasteiger partial charge in [-0.3, -0.25) is 0 Å². The van der Waals surface area contributed by atoms with Crippen LogP contribution in [0.25, 0.3) is 0 Å². The summed E-state index contributed by atoms with van der Waals surface area (Å²) in [6, 6.07) is -0.380. The molecule has 5 nitrogen and oxygen atoms in total. The molecule has 0 radical (unpaired) electrons. The molecule has 2 heterocycles. The number of aryl methyl sites for hydroxylation is 2. The van der Waals surface area contributed by atoms with Gasteiger partial charge < -0.3 is 15.2 Å². The minimum Gasteiger partial charge on any atom is -0.548 e. The third kappa shape index (κ3) is 4.02. The third-order valence-electron chi connectivity index (χ3n) is 2.53. The number of aromatic nitrogens is 2. The molecule has 5 heteroatoms. The van der Waals surface area contributed by atoms with Crippen LogP contribution in [0.5, 0.6) is 0 Å². The molecule has 1 N–H and O–H groups in total. The average Bonchev–Trinajstić information content (AvgIpc) is 2.88. The van der Waals surface area contributed by atoms with Crippen LogP contribution in [0.15, 0.2) is 18.7 Å². The number of hydrogen-bond acceptors (Lipinski definition) is 3. The molecule has 16 heavy (non-hydrogen) atoms. The smallest absolute Gasteiger partial charge is 0.243 e. The van der Waals surface area contributed by atoms with Gasteiger partial charge in [-0.1, -0.05) is 0 Å². The highest BCUT2D eigenvalue weighted by molar-refractivity contribution is 5.71. The second kappa shape index (κ2) is 6.27. The number of imidazole rings is 1.